The number of hydrogen-bond donors (Lipinski definition) is 1. The third-order valence-electron chi connectivity index (χ3n) is 1.80. The molecule has 1 atom stereocenters. The molecule has 0 fully saturated rings. The van der Waals surface area contributed by atoms with Gasteiger partial charge in [-0.2, -0.15) is 0 Å². The largest absolute Gasteiger partial charge is 0.508 e. The molecule has 3 heteroatoms. The van der Waals surface area contributed by atoms with Gasteiger partial charge in [-0.3, -0.25) is 0 Å². The summed E-state index contributed by atoms with van der Waals surface area (Å²) in [6.07, 6.45) is -2.35. The molecule has 0 saturated heterocycles. The molecule has 1 aromatic carbocycles. The van der Waals surface area contributed by atoms with Gasteiger partial charge in [0.2, 0.25) is 6.43 Å². The Hall–Kier alpha value is -1.12. The van der Waals surface area contributed by atoms with Crippen LogP contribution in [0.25, 0.3) is 0 Å². The molecule has 0 spiro atoms. The first kappa shape index (κ1) is 8.97. The molecular weight excluding hydrogens is 162 g/mol. The van der Waals surface area contributed by atoms with Crippen LogP contribution in [0.5, 0.6) is 5.75 Å². The van der Waals surface area contributed by atoms with Gasteiger partial charge in [0.05, 0.1) is 0 Å². The number of phenols is 1. The van der Waals surface area contributed by atoms with Gasteiger partial charge in [-0.25, -0.2) is 8.78 Å². The molecule has 0 heterocycles. The van der Waals surface area contributed by atoms with Crippen molar-refractivity contribution in [1.82, 2.24) is 0 Å². The first-order chi connectivity index (χ1) is 5.61. The maximum Gasteiger partial charge on any atom is 0.245 e. The van der Waals surface area contributed by atoms with Gasteiger partial charge in [0.15, 0.2) is 0 Å². The van der Waals surface area contributed by atoms with Crippen molar-refractivity contribution in [3.8, 4) is 5.75 Å². The van der Waals surface area contributed by atoms with Crippen LogP contribution in [0.3, 0.4) is 0 Å². The summed E-state index contributed by atoms with van der Waals surface area (Å²) >= 11 is 0. The van der Waals surface area contributed by atoms with E-state index in [0.29, 0.717) is 5.56 Å². The van der Waals surface area contributed by atoms with E-state index in [-0.39, 0.29) is 5.75 Å². The second-order valence-corrected chi connectivity index (χ2v) is 2.71. The lowest BCUT2D eigenvalue weighted by Crippen LogP contribution is -2.03. The van der Waals surface area contributed by atoms with E-state index in [9.17, 15) is 8.78 Å². The Balaban J connectivity index is 2.82. The topological polar surface area (TPSA) is 20.2 Å². The van der Waals surface area contributed by atoms with Crippen molar-refractivity contribution in [1.29, 1.82) is 0 Å². The van der Waals surface area contributed by atoms with E-state index in [4.69, 9.17) is 5.11 Å². The molecular formula is C9H10F2O. The number of hydrogen-bond acceptors (Lipinski definition) is 1. The highest BCUT2D eigenvalue weighted by atomic mass is 19.3. The Bertz CT molecular complexity index is 243. The zero-order chi connectivity index (χ0) is 9.14. The van der Waals surface area contributed by atoms with E-state index >= 15 is 0 Å². The highest BCUT2D eigenvalue weighted by Crippen LogP contribution is 2.23. The van der Waals surface area contributed by atoms with E-state index in [2.05, 4.69) is 0 Å². The standard InChI is InChI=1S/C9H10F2O/c1-6(9(10)11)7-2-4-8(12)5-3-7/h2-6,9,12H,1H3. The fourth-order valence-corrected chi connectivity index (χ4v) is 0.923. The maximum absolute atomic E-state index is 12.2. The van der Waals surface area contributed by atoms with Crippen LogP contribution in [0.4, 0.5) is 8.78 Å². The van der Waals surface area contributed by atoms with Gasteiger partial charge in [-0.05, 0) is 17.7 Å². The third-order valence-corrected chi connectivity index (χ3v) is 1.80. The first-order valence-corrected chi connectivity index (χ1v) is 3.68. The number of benzene rings is 1. The Morgan fingerprint density at radius 2 is 1.67 bits per heavy atom. The van der Waals surface area contributed by atoms with Gasteiger partial charge < -0.3 is 5.11 Å². The molecule has 0 radical (unpaired) electrons. The van der Waals surface area contributed by atoms with Crippen molar-refractivity contribution in [3.63, 3.8) is 0 Å². The summed E-state index contributed by atoms with van der Waals surface area (Å²) in [5.41, 5.74) is 0.544. The summed E-state index contributed by atoms with van der Waals surface area (Å²) in [4.78, 5) is 0. The van der Waals surface area contributed by atoms with Gasteiger partial charge in [-0.15, -0.1) is 0 Å². The smallest absolute Gasteiger partial charge is 0.245 e. The van der Waals surface area contributed by atoms with Crippen molar-refractivity contribution in [2.75, 3.05) is 0 Å². The summed E-state index contributed by atoms with van der Waals surface area (Å²) < 4.78 is 24.3. The molecule has 1 N–H and O–H groups in total. The van der Waals surface area contributed by atoms with Crippen LogP contribution in [0.15, 0.2) is 24.3 Å². The molecule has 0 aliphatic heterocycles. The van der Waals surface area contributed by atoms with Gasteiger partial charge in [0.25, 0.3) is 0 Å². The Morgan fingerprint density at radius 3 is 2.08 bits per heavy atom. The van der Waals surface area contributed by atoms with Crippen LogP contribution in [-0.4, -0.2) is 11.5 Å². The van der Waals surface area contributed by atoms with Gasteiger partial charge in [-0.1, -0.05) is 19.1 Å². The number of alkyl halides is 2. The van der Waals surface area contributed by atoms with E-state index in [1.54, 1.807) is 0 Å². The normalized spacial score (nSPS) is 13.3. The minimum absolute atomic E-state index is 0.0974. The lowest BCUT2D eigenvalue weighted by molar-refractivity contribution is 0.121. The Kier molecular flexibility index (Phi) is 2.63. The van der Waals surface area contributed by atoms with Crippen molar-refractivity contribution in [2.24, 2.45) is 0 Å². The van der Waals surface area contributed by atoms with Gasteiger partial charge in [0.1, 0.15) is 5.75 Å². The molecule has 1 nitrogen and oxygen atoms in total. The van der Waals surface area contributed by atoms with Crippen molar-refractivity contribution >= 4 is 0 Å². The molecule has 1 rings (SSSR count). The molecule has 1 aromatic rings. The molecule has 0 aromatic heterocycles. The molecule has 0 aliphatic rings. The second-order valence-electron chi connectivity index (χ2n) is 2.71. The Labute approximate surface area is 69.7 Å². The Morgan fingerprint density at radius 1 is 1.17 bits per heavy atom. The lowest BCUT2D eigenvalue weighted by Gasteiger charge is -2.09. The van der Waals surface area contributed by atoms with E-state index in [1.165, 1.54) is 31.2 Å². The molecule has 1 unspecified atom stereocenters. The molecule has 0 saturated carbocycles. The molecule has 12 heavy (non-hydrogen) atoms. The zero-order valence-corrected chi connectivity index (χ0v) is 6.67. The predicted octanol–water partition coefficient (Wildman–Crippen LogP) is 2.76. The highest BCUT2D eigenvalue weighted by Gasteiger charge is 2.16. The number of aromatic hydroxyl groups is 1. The molecule has 66 valence electrons. The third kappa shape index (κ3) is 1.94. The summed E-state index contributed by atoms with van der Waals surface area (Å²) in [6.45, 7) is 1.46. The number of halogens is 2. The van der Waals surface area contributed by atoms with Crippen molar-refractivity contribution < 1.29 is 13.9 Å². The fraction of sp³-hybridized carbons (Fsp3) is 0.333. The average Bonchev–Trinajstić information content (AvgIpc) is 2.04. The highest BCUT2D eigenvalue weighted by molar-refractivity contribution is 5.28. The first-order valence-electron chi connectivity index (χ1n) is 3.68. The number of phenolic OH excluding ortho intramolecular Hbond substituents is 1. The van der Waals surface area contributed by atoms with Crippen LogP contribution < -0.4 is 0 Å². The summed E-state index contributed by atoms with van der Waals surface area (Å²) in [5, 5.41) is 8.89. The van der Waals surface area contributed by atoms with Gasteiger partial charge >= 0.3 is 0 Å². The SMILES string of the molecule is CC(c1ccc(O)cc1)C(F)F. The summed E-state index contributed by atoms with van der Waals surface area (Å²) in [7, 11) is 0. The van der Waals surface area contributed by atoms with Gasteiger partial charge in [0, 0.05) is 5.92 Å². The minimum atomic E-state index is -2.35. The lowest BCUT2D eigenvalue weighted by atomic mass is 10.0. The minimum Gasteiger partial charge on any atom is -0.508 e. The van der Waals surface area contributed by atoms with E-state index in [1.807, 2.05) is 0 Å². The van der Waals surface area contributed by atoms with Crippen molar-refractivity contribution in [2.45, 2.75) is 19.3 Å². The maximum atomic E-state index is 12.2. The molecule has 0 amide bonds. The number of rotatable bonds is 2. The molecule has 0 aliphatic carbocycles. The quantitative estimate of drug-likeness (QED) is 0.727. The summed E-state index contributed by atoms with van der Waals surface area (Å²) in [6, 6.07) is 5.83. The average molecular weight is 172 g/mol. The fourth-order valence-electron chi connectivity index (χ4n) is 0.923. The van der Waals surface area contributed by atoms with Crippen LogP contribution in [-0.2, 0) is 0 Å². The predicted molar refractivity (Wildman–Crippen MR) is 42.5 cm³/mol. The van der Waals surface area contributed by atoms with E-state index in [0.717, 1.165) is 0 Å². The monoisotopic (exact) mass is 172 g/mol. The zero-order valence-electron chi connectivity index (χ0n) is 6.67. The summed E-state index contributed by atoms with van der Waals surface area (Å²) in [5.74, 6) is -0.675. The van der Waals surface area contributed by atoms with Crippen LogP contribution in [0, 0.1) is 0 Å². The molecule has 0 bridgehead atoms. The van der Waals surface area contributed by atoms with Crippen LogP contribution >= 0.6 is 0 Å². The second kappa shape index (κ2) is 3.52. The van der Waals surface area contributed by atoms with Crippen molar-refractivity contribution in [3.05, 3.63) is 29.8 Å². The van der Waals surface area contributed by atoms with Crippen LogP contribution in [0.2, 0.25) is 0 Å². The van der Waals surface area contributed by atoms with E-state index < -0.39 is 12.3 Å². The van der Waals surface area contributed by atoms with Crippen LogP contribution in [0.1, 0.15) is 18.4 Å².